The van der Waals surface area contributed by atoms with Gasteiger partial charge in [-0.15, -0.1) is 0 Å². The second-order valence-corrected chi connectivity index (χ2v) is 4.66. The van der Waals surface area contributed by atoms with Crippen molar-refractivity contribution in [1.29, 1.82) is 0 Å². The zero-order chi connectivity index (χ0) is 10.8. The third-order valence-corrected chi connectivity index (χ3v) is 2.82. The van der Waals surface area contributed by atoms with E-state index in [4.69, 9.17) is 0 Å². The van der Waals surface area contributed by atoms with Crippen LogP contribution in [0.1, 0.15) is 25.1 Å². The average Bonchev–Trinajstić information content (AvgIpc) is 2.64. The summed E-state index contributed by atoms with van der Waals surface area (Å²) in [4.78, 5) is 8.99. The maximum atomic E-state index is 4.50. The summed E-state index contributed by atoms with van der Waals surface area (Å²) in [5.41, 5.74) is 2.36. The Morgan fingerprint density at radius 1 is 1.33 bits per heavy atom. The molecule has 4 nitrogen and oxygen atoms in total. The van der Waals surface area contributed by atoms with E-state index in [2.05, 4.69) is 34.4 Å². The Hall–Kier alpha value is -0.810. The number of nitrogens with zero attached hydrogens (tertiary/aromatic N) is 2. The molecule has 1 aromatic rings. The summed E-state index contributed by atoms with van der Waals surface area (Å²) in [5.74, 6) is 0.990. The smallest absolute Gasteiger partial charge is 0.189 e. The molecule has 1 aliphatic heterocycles. The number of fused-ring (bicyclic) bond motifs is 1. The molecule has 0 amide bonds. The summed E-state index contributed by atoms with van der Waals surface area (Å²) in [6.45, 7) is 5.97. The van der Waals surface area contributed by atoms with Crippen LogP contribution in [0.4, 0.5) is 5.82 Å². The quantitative estimate of drug-likeness (QED) is 0.603. The van der Waals surface area contributed by atoms with Gasteiger partial charge >= 0.3 is 0 Å². The van der Waals surface area contributed by atoms with Crippen LogP contribution in [0.2, 0.25) is 0 Å². The molecule has 0 saturated carbocycles. The fourth-order valence-electron chi connectivity index (χ4n) is 1.63. The molecule has 2 heterocycles. The SMILES string of the molecule is CSc1nc2c(c(NC(C)C)n1)CNC2. The first-order chi connectivity index (χ1) is 7.20. The van der Waals surface area contributed by atoms with Crippen molar-refractivity contribution >= 4 is 17.6 Å². The van der Waals surface area contributed by atoms with Crippen LogP contribution in [-0.4, -0.2) is 22.3 Å². The van der Waals surface area contributed by atoms with Crippen molar-refractivity contribution in [3.05, 3.63) is 11.3 Å². The molecule has 1 aromatic heterocycles. The van der Waals surface area contributed by atoms with Gasteiger partial charge in [0, 0.05) is 24.7 Å². The number of nitrogens with one attached hydrogen (secondary N) is 2. The molecule has 2 rings (SSSR count). The number of anilines is 1. The van der Waals surface area contributed by atoms with E-state index in [0.717, 1.165) is 29.8 Å². The van der Waals surface area contributed by atoms with Crippen molar-refractivity contribution in [3.63, 3.8) is 0 Å². The zero-order valence-corrected chi connectivity index (χ0v) is 10.1. The molecular weight excluding hydrogens is 208 g/mol. The minimum Gasteiger partial charge on any atom is -0.367 e. The molecule has 0 saturated heterocycles. The normalized spacial score (nSPS) is 14.4. The van der Waals surface area contributed by atoms with E-state index >= 15 is 0 Å². The summed E-state index contributed by atoms with van der Waals surface area (Å²) in [6, 6.07) is 0.402. The third kappa shape index (κ3) is 2.23. The van der Waals surface area contributed by atoms with Crippen LogP contribution in [0.5, 0.6) is 0 Å². The van der Waals surface area contributed by atoms with Crippen LogP contribution in [0.25, 0.3) is 0 Å². The molecule has 15 heavy (non-hydrogen) atoms. The lowest BCUT2D eigenvalue weighted by molar-refractivity contribution is 0.754. The Bertz CT molecular complexity index is 365. The summed E-state index contributed by atoms with van der Waals surface area (Å²) >= 11 is 1.59. The maximum absolute atomic E-state index is 4.50. The lowest BCUT2D eigenvalue weighted by atomic mass is 10.2. The summed E-state index contributed by atoms with van der Waals surface area (Å²) in [7, 11) is 0. The molecule has 0 radical (unpaired) electrons. The molecule has 2 N–H and O–H groups in total. The van der Waals surface area contributed by atoms with Gasteiger partial charge in [0.05, 0.1) is 5.69 Å². The Labute approximate surface area is 94.3 Å². The fourth-order valence-corrected chi connectivity index (χ4v) is 2.01. The molecule has 0 aromatic carbocycles. The van der Waals surface area contributed by atoms with Crippen molar-refractivity contribution in [2.75, 3.05) is 11.6 Å². The van der Waals surface area contributed by atoms with E-state index in [1.807, 2.05) is 6.26 Å². The Morgan fingerprint density at radius 2 is 2.13 bits per heavy atom. The van der Waals surface area contributed by atoms with E-state index in [1.165, 1.54) is 5.56 Å². The second kappa shape index (κ2) is 4.37. The van der Waals surface area contributed by atoms with Gasteiger partial charge in [0.2, 0.25) is 0 Å². The van der Waals surface area contributed by atoms with Crippen LogP contribution in [0.15, 0.2) is 5.16 Å². The Balaban J connectivity index is 2.38. The van der Waals surface area contributed by atoms with E-state index < -0.39 is 0 Å². The van der Waals surface area contributed by atoms with Crippen LogP contribution in [-0.2, 0) is 13.1 Å². The summed E-state index contributed by atoms with van der Waals surface area (Å²) in [5, 5.41) is 7.52. The van der Waals surface area contributed by atoms with Crippen molar-refractivity contribution in [1.82, 2.24) is 15.3 Å². The van der Waals surface area contributed by atoms with Gasteiger partial charge in [0.25, 0.3) is 0 Å². The standard InChI is InChI=1S/C10H16N4S/c1-6(2)12-9-7-4-11-5-8(7)13-10(14-9)15-3/h6,11H,4-5H2,1-3H3,(H,12,13,14). The number of rotatable bonds is 3. The molecule has 0 bridgehead atoms. The molecule has 0 spiro atoms. The number of thioether (sulfide) groups is 1. The van der Waals surface area contributed by atoms with Gasteiger partial charge in [-0.1, -0.05) is 11.8 Å². The van der Waals surface area contributed by atoms with Crippen LogP contribution in [0, 0.1) is 0 Å². The third-order valence-electron chi connectivity index (χ3n) is 2.27. The van der Waals surface area contributed by atoms with E-state index in [1.54, 1.807) is 11.8 Å². The number of hydrogen-bond donors (Lipinski definition) is 2. The monoisotopic (exact) mass is 224 g/mol. The van der Waals surface area contributed by atoms with Gasteiger partial charge in [-0.3, -0.25) is 0 Å². The second-order valence-electron chi connectivity index (χ2n) is 3.89. The van der Waals surface area contributed by atoms with Crippen LogP contribution in [0.3, 0.4) is 0 Å². The first-order valence-electron chi connectivity index (χ1n) is 5.11. The van der Waals surface area contributed by atoms with Gasteiger partial charge in [0.1, 0.15) is 5.82 Å². The van der Waals surface area contributed by atoms with Crippen molar-refractivity contribution in [3.8, 4) is 0 Å². The predicted molar refractivity (Wildman–Crippen MR) is 63.1 cm³/mol. The first kappa shape index (κ1) is 10.7. The zero-order valence-electron chi connectivity index (χ0n) is 9.29. The molecule has 0 atom stereocenters. The van der Waals surface area contributed by atoms with Crippen LogP contribution < -0.4 is 10.6 Å². The minimum atomic E-state index is 0.402. The Morgan fingerprint density at radius 3 is 2.80 bits per heavy atom. The molecule has 0 unspecified atom stereocenters. The van der Waals surface area contributed by atoms with Gasteiger partial charge in [-0.25, -0.2) is 9.97 Å². The molecule has 0 aliphatic carbocycles. The minimum absolute atomic E-state index is 0.402. The Kier molecular flexibility index (Phi) is 3.11. The largest absolute Gasteiger partial charge is 0.367 e. The molecule has 0 fully saturated rings. The van der Waals surface area contributed by atoms with E-state index in [9.17, 15) is 0 Å². The molecule has 82 valence electrons. The fraction of sp³-hybridized carbons (Fsp3) is 0.600. The lowest BCUT2D eigenvalue weighted by Crippen LogP contribution is -2.14. The predicted octanol–water partition coefficient (Wildman–Crippen LogP) is 1.62. The van der Waals surface area contributed by atoms with Gasteiger partial charge in [-0.2, -0.15) is 0 Å². The highest BCUT2D eigenvalue weighted by molar-refractivity contribution is 7.98. The molecule has 1 aliphatic rings. The number of hydrogen-bond acceptors (Lipinski definition) is 5. The van der Waals surface area contributed by atoms with Crippen molar-refractivity contribution < 1.29 is 0 Å². The molecule has 5 heteroatoms. The lowest BCUT2D eigenvalue weighted by Gasteiger charge is -2.13. The molecular formula is C10H16N4S. The van der Waals surface area contributed by atoms with Crippen molar-refractivity contribution in [2.45, 2.75) is 38.1 Å². The van der Waals surface area contributed by atoms with E-state index in [-0.39, 0.29) is 0 Å². The summed E-state index contributed by atoms with van der Waals surface area (Å²) in [6.07, 6.45) is 2.00. The van der Waals surface area contributed by atoms with Gasteiger partial charge < -0.3 is 10.6 Å². The van der Waals surface area contributed by atoms with Gasteiger partial charge in [-0.05, 0) is 20.1 Å². The number of aromatic nitrogens is 2. The topological polar surface area (TPSA) is 49.8 Å². The average molecular weight is 224 g/mol. The van der Waals surface area contributed by atoms with Crippen LogP contribution >= 0.6 is 11.8 Å². The highest BCUT2D eigenvalue weighted by Gasteiger charge is 2.18. The highest BCUT2D eigenvalue weighted by atomic mass is 32.2. The van der Waals surface area contributed by atoms with Gasteiger partial charge in [0.15, 0.2) is 5.16 Å². The summed E-state index contributed by atoms with van der Waals surface area (Å²) < 4.78 is 0. The first-order valence-corrected chi connectivity index (χ1v) is 6.34. The van der Waals surface area contributed by atoms with E-state index in [0.29, 0.717) is 6.04 Å². The van der Waals surface area contributed by atoms with Crippen molar-refractivity contribution in [2.24, 2.45) is 0 Å². The maximum Gasteiger partial charge on any atom is 0.189 e. The highest BCUT2D eigenvalue weighted by Crippen LogP contribution is 2.24.